The summed E-state index contributed by atoms with van der Waals surface area (Å²) in [5, 5.41) is 0. The third kappa shape index (κ3) is 1.59. The minimum absolute atomic E-state index is 0.0947. The molecule has 0 saturated heterocycles. The summed E-state index contributed by atoms with van der Waals surface area (Å²) in [7, 11) is 0. The highest BCUT2D eigenvalue weighted by molar-refractivity contribution is 14.1. The van der Waals surface area contributed by atoms with Crippen LogP contribution in [0.15, 0.2) is 23.1 Å². The van der Waals surface area contributed by atoms with Crippen molar-refractivity contribution < 1.29 is 0 Å². The molecule has 0 fully saturated rings. The van der Waals surface area contributed by atoms with Gasteiger partial charge < -0.3 is 9.97 Å². The van der Waals surface area contributed by atoms with E-state index in [0.29, 0.717) is 9.39 Å². The van der Waals surface area contributed by atoms with Crippen molar-refractivity contribution >= 4 is 22.6 Å². The number of hydrogen-bond donors (Lipinski definition) is 2. The van der Waals surface area contributed by atoms with Crippen LogP contribution < -0.4 is 5.56 Å². The second-order valence-electron chi connectivity index (χ2n) is 2.90. The van der Waals surface area contributed by atoms with E-state index in [1.54, 1.807) is 6.20 Å². The van der Waals surface area contributed by atoms with Gasteiger partial charge in [-0.25, -0.2) is 4.98 Å². The van der Waals surface area contributed by atoms with Gasteiger partial charge in [-0.2, -0.15) is 0 Å². The van der Waals surface area contributed by atoms with Crippen LogP contribution >= 0.6 is 22.6 Å². The second kappa shape index (κ2) is 3.56. The van der Waals surface area contributed by atoms with Crippen LogP contribution in [0, 0.1) is 10.5 Å². The normalized spacial score (nSPS) is 10.4. The fourth-order valence-electron chi connectivity index (χ4n) is 1.18. The van der Waals surface area contributed by atoms with Crippen LogP contribution in [0.3, 0.4) is 0 Å². The quantitative estimate of drug-likeness (QED) is 0.787. The van der Waals surface area contributed by atoms with Crippen LogP contribution in [-0.4, -0.2) is 15.0 Å². The molecule has 0 spiro atoms. The number of aromatic nitrogens is 3. The van der Waals surface area contributed by atoms with Crippen LogP contribution in [0.4, 0.5) is 0 Å². The predicted molar refractivity (Wildman–Crippen MR) is 62.1 cm³/mol. The lowest BCUT2D eigenvalue weighted by atomic mass is 10.3. The summed E-state index contributed by atoms with van der Waals surface area (Å²) in [6, 6.07) is 3.73. The van der Waals surface area contributed by atoms with Gasteiger partial charge in [0.25, 0.3) is 5.56 Å². The minimum atomic E-state index is -0.0947. The van der Waals surface area contributed by atoms with Crippen LogP contribution in [0.5, 0.6) is 0 Å². The van der Waals surface area contributed by atoms with E-state index in [9.17, 15) is 4.79 Å². The Morgan fingerprint density at radius 2 is 2.29 bits per heavy atom. The lowest BCUT2D eigenvalue weighted by molar-refractivity contribution is 1.04. The Labute approximate surface area is 93.9 Å². The van der Waals surface area contributed by atoms with Gasteiger partial charge in [0.15, 0.2) is 5.82 Å². The first kappa shape index (κ1) is 9.45. The van der Waals surface area contributed by atoms with Gasteiger partial charge in [0.2, 0.25) is 0 Å². The number of aromatic amines is 2. The van der Waals surface area contributed by atoms with Gasteiger partial charge in [0.1, 0.15) is 0 Å². The summed E-state index contributed by atoms with van der Waals surface area (Å²) in [5.74, 6) is 0.581. The van der Waals surface area contributed by atoms with E-state index < -0.39 is 0 Å². The summed E-state index contributed by atoms with van der Waals surface area (Å²) in [5.41, 5.74) is 1.48. The molecule has 0 amide bonds. The molecule has 5 heteroatoms. The Bertz CT molecular complexity index is 501. The largest absolute Gasteiger partial charge is 0.359 e. The molecular weight excluding hydrogens is 293 g/mol. The Morgan fingerprint density at radius 3 is 2.86 bits per heavy atom. The number of rotatable bonds is 1. The molecule has 0 aliphatic heterocycles. The maximum absolute atomic E-state index is 11.4. The second-order valence-corrected chi connectivity index (χ2v) is 3.98. The summed E-state index contributed by atoms with van der Waals surface area (Å²) < 4.78 is 0.637. The Hall–Kier alpha value is -1.11. The van der Waals surface area contributed by atoms with Crippen molar-refractivity contribution in [2.45, 2.75) is 6.92 Å². The zero-order valence-electron chi connectivity index (χ0n) is 7.47. The zero-order chi connectivity index (χ0) is 10.1. The first-order chi connectivity index (χ1) is 6.68. The number of nitrogens with zero attached hydrogens (tertiary/aromatic N) is 1. The fraction of sp³-hybridized carbons (Fsp3) is 0.111. The average molecular weight is 301 g/mol. The maximum atomic E-state index is 11.4. The van der Waals surface area contributed by atoms with Crippen molar-refractivity contribution in [1.29, 1.82) is 0 Å². The van der Waals surface area contributed by atoms with E-state index in [1.165, 1.54) is 0 Å². The Kier molecular flexibility index (Phi) is 2.40. The van der Waals surface area contributed by atoms with E-state index in [-0.39, 0.29) is 5.56 Å². The van der Waals surface area contributed by atoms with E-state index >= 15 is 0 Å². The third-order valence-corrected chi connectivity index (χ3v) is 3.15. The summed E-state index contributed by atoms with van der Waals surface area (Å²) in [6.07, 6.45) is 1.79. The number of hydrogen-bond acceptors (Lipinski definition) is 2. The lowest BCUT2D eigenvalue weighted by Gasteiger charge is -2.00. The highest BCUT2D eigenvalue weighted by Crippen LogP contribution is 2.11. The standard InChI is InChI=1S/C9H8IN3O/c1-5-7(10)9(14)13-8(12-5)6-3-2-4-11-6/h2-4,11H,1H3,(H,12,13,14). The molecule has 0 aliphatic rings. The highest BCUT2D eigenvalue weighted by atomic mass is 127. The molecule has 4 nitrogen and oxygen atoms in total. The molecule has 0 aromatic carbocycles. The maximum Gasteiger partial charge on any atom is 0.264 e. The Morgan fingerprint density at radius 1 is 1.50 bits per heavy atom. The van der Waals surface area contributed by atoms with Gasteiger partial charge in [0.05, 0.1) is 15.0 Å². The van der Waals surface area contributed by atoms with Crippen molar-refractivity contribution in [2.24, 2.45) is 0 Å². The van der Waals surface area contributed by atoms with Crippen LogP contribution in [-0.2, 0) is 0 Å². The molecule has 0 unspecified atom stereocenters. The molecule has 0 atom stereocenters. The van der Waals surface area contributed by atoms with Crippen molar-refractivity contribution in [3.05, 3.63) is 37.9 Å². The fourth-order valence-corrected chi connectivity index (χ4v) is 1.43. The van der Waals surface area contributed by atoms with Crippen molar-refractivity contribution in [2.75, 3.05) is 0 Å². The molecule has 2 aromatic rings. The molecule has 0 aliphatic carbocycles. The topological polar surface area (TPSA) is 61.5 Å². The predicted octanol–water partition coefficient (Wildman–Crippen LogP) is 1.68. The monoisotopic (exact) mass is 301 g/mol. The van der Waals surface area contributed by atoms with Gasteiger partial charge in [-0.15, -0.1) is 0 Å². The number of H-pyrrole nitrogens is 2. The molecule has 0 radical (unpaired) electrons. The molecule has 2 aromatic heterocycles. The molecule has 2 heterocycles. The van der Waals surface area contributed by atoms with Gasteiger partial charge in [0, 0.05) is 6.20 Å². The van der Waals surface area contributed by atoms with E-state index in [1.807, 2.05) is 41.6 Å². The first-order valence-electron chi connectivity index (χ1n) is 4.08. The molecule has 14 heavy (non-hydrogen) atoms. The molecule has 72 valence electrons. The summed E-state index contributed by atoms with van der Waals surface area (Å²) >= 11 is 1.99. The molecule has 2 N–H and O–H groups in total. The molecular formula is C9H8IN3O. The van der Waals surface area contributed by atoms with Gasteiger partial charge in [-0.05, 0) is 41.6 Å². The van der Waals surface area contributed by atoms with Gasteiger partial charge >= 0.3 is 0 Å². The smallest absolute Gasteiger partial charge is 0.264 e. The molecule has 0 bridgehead atoms. The summed E-state index contributed by atoms with van der Waals surface area (Å²) in [4.78, 5) is 21.4. The SMILES string of the molecule is Cc1nc(-c2ccc[nH]2)[nH]c(=O)c1I. The summed E-state index contributed by atoms with van der Waals surface area (Å²) in [6.45, 7) is 1.82. The van der Waals surface area contributed by atoms with Crippen molar-refractivity contribution in [3.8, 4) is 11.5 Å². The highest BCUT2D eigenvalue weighted by Gasteiger charge is 2.06. The van der Waals surface area contributed by atoms with Crippen molar-refractivity contribution in [3.63, 3.8) is 0 Å². The van der Waals surface area contributed by atoms with E-state index in [2.05, 4.69) is 15.0 Å². The first-order valence-corrected chi connectivity index (χ1v) is 5.16. The van der Waals surface area contributed by atoms with Gasteiger partial charge in [-0.1, -0.05) is 0 Å². The number of halogens is 1. The molecule has 2 rings (SSSR count). The van der Waals surface area contributed by atoms with Crippen LogP contribution in [0.2, 0.25) is 0 Å². The minimum Gasteiger partial charge on any atom is -0.359 e. The van der Waals surface area contributed by atoms with Crippen LogP contribution in [0.1, 0.15) is 5.69 Å². The van der Waals surface area contributed by atoms with E-state index in [4.69, 9.17) is 0 Å². The Balaban J connectivity index is 2.63. The lowest BCUT2D eigenvalue weighted by Crippen LogP contribution is -2.14. The molecule has 0 saturated carbocycles. The van der Waals surface area contributed by atoms with Crippen molar-refractivity contribution in [1.82, 2.24) is 15.0 Å². The zero-order valence-corrected chi connectivity index (χ0v) is 9.62. The number of aryl methyl sites for hydroxylation is 1. The van der Waals surface area contributed by atoms with Gasteiger partial charge in [-0.3, -0.25) is 4.79 Å². The third-order valence-electron chi connectivity index (χ3n) is 1.88. The number of nitrogens with one attached hydrogen (secondary N) is 2. The average Bonchev–Trinajstić information content (AvgIpc) is 2.66. The van der Waals surface area contributed by atoms with Crippen LogP contribution in [0.25, 0.3) is 11.5 Å². The van der Waals surface area contributed by atoms with E-state index in [0.717, 1.165) is 11.4 Å².